The first-order valence-electron chi connectivity index (χ1n) is 8.64. The number of hydrogen-bond acceptors (Lipinski definition) is 2. The minimum Gasteiger partial charge on any atom is -0.385 e. The van der Waals surface area contributed by atoms with Crippen molar-refractivity contribution in [1.82, 2.24) is 0 Å². The van der Waals surface area contributed by atoms with Crippen LogP contribution in [0.1, 0.15) is 42.5 Å². The third kappa shape index (κ3) is 5.54. The highest BCUT2D eigenvalue weighted by Crippen LogP contribution is 2.32. The largest absolute Gasteiger partial charge is 0.385 e. The molecule has 0 bridgehead atoms. The Morgan fingerprint density at radius 3 is 2.54 bits per heavy atom. The molecule has 3 rings (SSSR count). The molecule has 1 nitrogen and oxygen atoms in total. The third-order valence-electron chi connectivity index (χ3n) is 4.11. The first-order valence-corrected chi connectivity index (χ1v) is 9.62. The van der Waals surface area contributed by atoms with Crippen molar-refractivity contribution in [3.05, 3.63) is 64.7 Å². The van der Waals surface area contributed by atoms with Crippen molar-refractivity contribution in [2.45, 2.75) is 38.5 Å². The molecule has 2 heteroatoms. The van der Waals surface area contributed by atoms with Crippen molar-refractivity contribution in [2.75, 3.05) is 19.5 Å². The number of allylic oxidation sites excluding steroid dienone is 1. The number of thioether (sulfide) groups is 1. The summed E-state index contributed by atoms with van der Waals surface area (Å²) in [4.78, 5) is 1.48. The molecule has 0 saturated carbocycles. The highest BCUT2D eigenvalue weighted by molar-refractivity contribution is 7.99. The standard InChI is InChI=1S/C19H20S.C3H8O/c1-14-5-7-16(8-6-14)12-15(2)17-9-10-19-18(13-17)4-3-11-20-19;1-3-4-2/h5-10,12-13H,3-4,11H2,1-2H3;3H2,1-2H3/b15-12+;. The van der Waals surface area contributed by atoms with Gasteiger partial charge in [-0.15, -0.1) is 11.8 Å². The molecule has 0 spiro atoms. The van der Waals surface area contributed by atoms with Crippen molar-refractivity contribution in [3.63, 3.8) is 0 Å². The highest BCUT2D eigenvalue weighted by atomic mass is 32.2. The zero-order valence-corrected chi connectivity index (χ0v) is 16.1. The van der Waals surface area contributed by atoms with Crippen molar-refractivity contribution in [1.29, 1.82) is 0 Å². The topological polar surface area (TPSA) is 9.23 Å². The van der Waals surface area contributed by atoms with Crippen LogP contribution in [0.3, 0.4) is 0 Å². The molecule has 2 aromatic carbocycles. The Kier molecular flexibility index (Phi) is 7.61. The van der Waals surface area contributed by atoms with Crippen LogP contribution < -0.4 is 0 Å². The molecule has 1 aliphatic rings. The average molecular weight is 341 g/mol. The number of hydrogen-bond donors (Lipinski definition) is 0. The predicted octanol–water partition coefficient (Wildman–Crippen LogP) is 6.25. The lowest BCUT2D eigenvalue weighted by molar-refractivity contribution is 0.215. The summed E-state index contributed by atoms with van der Waals surface area (Å²) in [7, 11) is 1.68. The Morgan fingerprint density at radius 1 is 1.17 bits per heavy atom. The first-order chi connectivity index (χ1) is 11.6. The summed E-state index contributed by atoms with van der Waals surface area (Å²) in [5.74, 6) is 1.27. The maximum Gasteiger partial charge on any atom is 0.0433 e. The van der Waals surface area contributed by atoms with Gasteiger partial charge < -0.3 is 4.74 Å². The highest BCUT2D eigenvalue weighted by Gasteiger charge is 2.10. The second-order valence-corrected chi connectivity index (χ2v) is 7.23. The Morgan fingerprint density at radius 2 is 1.88 bits per heavy atom. The van der Waals surface area contributed by atoms with E-state index in [4.69, 9.17) is 0 Å². The van der Waals surface area contributed by atoms with Gasteiger partial charge >= 0.3 is 0 Å². The molecule has 0 unspecified atom stereocenters. The number of methoxy groups -OCH3 is 1. The Bertz CT molecular complexity index is 669. The summed E-state index contributed by atoms with van der Waals surface area (Å²) in [5, 5.41) is 0. The Hall–Kier alpha value is -1.51. The molecule has 1 heterocycles. The molecule has 0 aliphatic carbocycles. The Labute approximate surface area is 151 Å². The molecule has 2 aromatic rings. The van der Waals surface area contributed by atoms with Crippen molar-refractivity contribution < 1.29 is 4.74 Å². The van der Waals surface area contributed by atoms with Gasteiger partial charge in [0.2, 0.25) is 0 Å². The zero-order chi connectivity index (χ0) is 17.4. The summed E-state index contributed by atoms with van der Waals surface area (Å²) >= 11 is 2.00. The van der Waals surface area contributed by atoms with Crippen LogP contribution in [0, 0.1) is 6.92 Å². The predicted molar refractivity (Wildman–Crippen MR) is 108 cm³/mol. The number of benzene rings is 2. The fraction of sp³-hybridized carbons (Fsp3) is 0.364. The first kappa shape index (κ1) is 18.8. The van der Waals surface area contributed by atoms with Gasteiger partial charge in [-0.25, -0.2) is 0 Å². The molecule has 0 N–H and O–H groups in total. The SMILES string of the molecule is C/C(=C\c1ccc(C)cc1)c1ccc2c(c1)CCCS2.CCOC. The third-order valence-corrected chi connectivity index (χ3v) is 5.32. The van der Waals surface area contributed by atoms with E-state index in [9.17, 15) is 0 Å². The number of fused-ring (bicyclic) bond motifs is 1. The second-order valence-electron chi connectivity index (χ2n) is 6.09. The minimum absolute atomic E-state index is 0.819. The van der Waals surface area contributed by atoms with Gasteiger partial charge in [0.15, 0.2) is 0 Å². The van der Waals surface area contributed by atoms with E-state index in [1.165, 1.54) is 51.3 Å². The molecule has 128 valence electrons. The van der Waals surface area contributed by atoms with Gasteiger partial charge in [-0.2, -0.15) is 0 Å². The molecule has 1 aliphatic heterocycles. The van der Waals surface area contributed by atoms with E-state index in [2.05, 4.69) is 67.1 Å². The van der Waals surface area contributed by atoms with Crippen LogP contribution in [0.4, 0.5) is 0 Å². The van der Waals surface area contributed by atoms with E-state index in [1.54, 1.807) is 7.11 Å². The van der Waals surface area contributed by atoms with E-state index in [0.717, 1.165) is 6.61 Å². The number of aryl methyl sites for hydroxylation is 2. The lowest BCUT2D eigenvalue weighted by Gasteiger charge is -2.16. The van der Waals surface area contributed by atoms with Crippen LogP contribution in [-0.2, 0) is 11.2 Å². The molecule has 0 atom stereocenters. The van der Waals surface area contributed by atoms with Crippen LogP contribution in [0.25, 0.3) is 11.6 Å². The molecule has 0 aromatic heterocycles. The smallest absolute Gasteiger partial charge is 0.0433 e. The van der Waals surface area contributed by atoms with Gasteiger partial charge in [-0.1, -0.05) is 48.0 Å². The molecule has 0 saturated heterocycles. The van der Waals surface area contributed by atoms with Crippen LogP contribution in [-0.4, -0.2) is 19.5 Å². The molecular weight excluding hydrogens is 312 g/mol. The summed E-state index contributed by atoms with van der Waals surface area (Å²) in [6.07, 6.45) is 4.81. The molecule has 0 radical (unpaired) electrons. The van der Waals surface area contributed by atoms with Gasteiger partial charge in [-0.05, 0) is 67.7 Å². The van der Waals surface area contributed by atoms with Gasteiger partial charge in [0.1, 0.15) is 0 Å². The van der Waals surface area contributed by atoms with E-state index in [0.29, 0.717) is 0 Å². The van der Waals surface area contributed by atoms with E-state index in [-0.39, 0.29) is 0 Å². The normalized spacial score (nSPS) is 13.8. The maximum absolute atomic E-state index is 4.54. The quantitative estimate of drug-likeness (QED) is 0.611. The van der Waals surface area contributed by atoms with Gasteiger partial charge in [0.05, 0.1) is 0 Å². The number of rotatable bonds is 3. The molecular formula is C22H28OS. The second kappa shape index (κ2) is 9.71. The average Bonchev–Trinajstić information content (AvgIpc) is 2.63. The lowest BCUT2D eigenvalue weighted by Crippen LogP contribution is -1.98. The fourth-order valence-electron chi connectivity index (χ4n) is 2.60. The van der Waals surface area contributed by atoms with Crippen LogP contribution >= 0.6 is 11.8 Å². The van der Waals surface area contributed by atoms with Crippen molar-refractivity contribution in [2.24, 2.45) is 0 Å². The van der Waals surface area contributed by atoms with Crippen LogP contribution in [0.15, 0.2) is 47.4 Å². The summed E-state index contributed by atoms with van der Waals surface area (Å²) in [6, 6.07) is 15.6. The number of ether oxygens (including phenoxy) is 1. The van der Waals surface area contributed by atoms with E-state index in [1.807, 2.05) is 18.7 Å². The van der Waals surface area contributed by atoms with Crippen LogP contribution in [0.5, 0.6) is 0 Å². The van der Waals surface area contributed by atoms with E-state index < -0.39 is 0 Å². The summed E-state index contributed by atoms with van der Waals surface area (Å²) in [5.41, 5.74) is 6.81. The van der Waals surface area contributed by atoms with Gasteiger partial charge in [-0.3, -0.25) is 0 Å². The molecule has 0 fully saturated rings. The Balaban J connectivity index is 0.000000471. The maximum atomic E-state index is 4.54. The summed E-state index contributed by atoms with van der Waals surface area (Å²) < 4.78 is 4.54. The van der Waals surface area contributed by atoms with Gasteiger partial charge in [0.25, 0.3) is 0 Å². The van der Waals surface area contributed by atoms with Gasteiger partial charge in [0, 0.05) is 18.6 Å². The monoisotopic (exact) mass is 340 g/mol. The molecule has 0 amide bonds. The van der Waals surface area contributed by atoms with Crippen molar-refractivity contribution >= 4 is 23.4 Å². The summed E-state index contributed by atoms with van der Waals surface area (Å²) in [6.45, 7) is 7.11. The lowest BCUT2D eigenvalue weighted by atomic mass is 10.00. The van der Waals surface area contributed by atoms with E-state index >= 15 is 0 Å². The van der Waals surface area contributed by atoms with Crippen LogP contribution in [0.2, 0.25) is 0 Å². The minimum atomic E-state index is 0.819. The fourth-order valence-corrected chi connectivity index (χ4v) is 3.62. The molecule has 24 heavy (non-hydrogen) atoms. The van der Waals surface area contributed by atoms with Crippen molar-refractivity contribution in [3.8, 4) is 0 Å². The zero-order valence-electron chi connectivity index (χ0n) is 15.3.